The number of hydrogen-bond acceptors (Lipinski definition) is 2. The minimum absolute atomic E-state index is 0.543. The Balaban J connectivity index is 1.87. The molecule has 1 spiro atoms. The van der Waals surface area contributed by atoms with Crippen molar-refractivity contribution in [2.75, 3.05) is 19.6 Å². The van der Waals surface area contributed by atoms with Gasteiger partial charge in [-0.2, -0.15) is 0 Å². The van der Waals surface area contributed by atoms with Crippen LogP contribution < -0.4 is 10.6 Å². The Morgan fingerprint density at radius 1 is 1.08 bits per heavy atom. The van der Waals surface area contributed by atoms with Crippen LogP contribution in [0.1, 0.15) is 11.6 Å². The normalized spacial score (nSPS) is 29.4. The highest BCUT2D eigenvalue weighted by Crippen LogP contribution is 2.43. The highest BCUT2D eigenvalue weighted by molar-refractivity contribution is 5.27. The van der Waals surface area contributed by atoms with E-state index < -0.39 is 0 Å². The van der Waals surface area contributed by atoms with Crippen LogP contribution in [0.5, 0.6) is 0 Å². The third-order valence-corrected chi connectivity index (χ3v) is 3.36. The van der Waals surface area contributed by atoms with Crippen LogP contribution in [-0.4, -0.2) is 19.6 Å². The van der Waals surface area contributed by atoms with Crippen LogP contribution in [0.2, 0.25) is 0 Å². The molecule has 0 radical (unpaired) electrons. The van der Waals surface area contributed by atoms with Crippen LogP contribution in [0.3, 0.4) is 0 Å². The smallest absolute Gasteiger partial charge is 0.0414 e. The largest absolute Gasteiger partial charge is 0.315 e. The van der Waals surface area contributed by atoms with Crippen molar-refractivity contribution in [3.8, 4) is 0 Å². The van der Waals surface area contributed by atoms with Crippen LogP contribution in [-0.2, 0) is 0 Å². The summed E-state index contributed by atoms with van der Waals surface area (Å²) < 4.78 is 0. The van der Waals surface area contributed by atoms with Gasteiger partial charge in [-0.1, -0.05) is 30.3 Å². The van der Waals surface area contributed by atoms with Gasteiger partial charge in [0.2, 0.25) is 0 Å². The topological polar surface area (TPSA) is 24.1 Å². The molecule has 0 bridgehead atoms. The van der Waals surface area contributed by atoms with Crippen LogP contribution in [0.4, 0.5) is 0 Å². The first-order valence-corrected chi connectivity index (χ1v) is 4.90. The van der Waals surface area contributed by atoms with E-state index >= 15 is 0 Å². The van der Waals surface area contributed by atoms with E-state index in [1.54, 1.807) is 0 Å². The van der Waals surface area contributed by atoms with Gasteiger partial charge in [0.25, 0.3) is 0 Å². The van der Waals surface area contributed by atoms with E-state index in [1.165, 1.54) is 25.2 Å². The molecule has 1 atom stereocenters. The summed E-state index contributed by atoms with van der Waals surface area (Å²) in [5, 5.41) is 6.88. The Labute approximate surface area is 78.3 Å². The standard InChI is InChI=1S/C11H14N2/c1-2-4-9(5-3-1)10-11(8-13-10)6-12-7-11/h1-5,10,12-13H,6-8H2. The molecule has 2 aliphatic heterocycles. The molecule has 1 aromatic carbocycles. The summed E-state index contributed by atoms with van der Waals surface area (Å²) >= 11 is 0. The van der Waals surface area contributed by atoms with Crippen LogP contribution in [0, 0.1) is 5.41 Å². The maximum absolute atomic E-state index is 3.51. The van der Waals surface area contributed by atoms with Gasteiger partial charge < -0.3 is 10.6 Å². The molecule has 0 saturated carbocycles. The zero-order chi connectivity index (χ0) is 8.73. The first kappa shape index (κ1) is 7.54. The molecule has 13 heavy (non-hydrogen) atoms. The van der Waals surface area contributed by atoms with E-state index in [0.717, 1.165) is 0 Å². The third kappa shape index (κ3) is 0.960. The third-order valence-electron chi connectivity index (χ3n) is 3.36. The van der Waals surface area contributed by atoms with E-state index in [-0.39, 0.29) is 0 Å². The zero-order valence-corrected chi connectivity index (χ0v) is 7.59. The zero-order valence-electron chi connectivity index (χ0n) is 7.59. The van der Waals surface area contributed by atoms with Gasteiger partial charge in [-0.3, -0.25) is 0 Å². The summed E-state index contributed by atoms with van der Waals surface area (Å²) in [5.41, 5.74) is 1.98. The second-order valence-corrected chi connectivity index (χ2v) is 4.19. The average molecular weight is 174 g/mol. The molecule has 2 heteroatoms. The van der Waals surface area contributed by atoms with Crippen LogP contribution in [0.25, 0.3) is 0 Å². The molecule has 0 aromatic heterocycles. The van der Waals surface area contributed by atoms with Crippen molar-refractivity contribution >= 4 is 0 Å². The molecule has 2 nitrogen and oxygen atoms in total. The quantitative estimate of drug-likeness (QED) is 0.661. The lowest BCUT2D eigenvalue weighted by atomic mass is 9.66. The summed E-state index contributed by atoms with van der Waals surface area (Å²) in [7, 11) is 0. The number of benzene rings is 1. The summed E-state index contributed by atoms with van der Waals surface area (Å²) in [6, 6.07) is 11.3. The van der Waals surface area contributed by atoms with E-state index in [4.69, 9.17) is 0 Å². The molecule has 2 fully saturated rings. The predicted molar refractivity (Wildman–Crippen MR) is 52.5 cm³/mol. The molecular weight excluding hydrogens is 160 g/mol. The number of rotatable bonds is 1. The Bertz CT molecular complexity index is 298. The fourth-order valence-corrected chi connectivity index (χ4v) is 2.38. The van der Waals surface area contributed by atoms with Crippen molar-refractivity contribution in [3.63, 3.8) is 0 Å². The summed E-state index contributed by atoms with van der Waals surface area (Å²) in [4.78, 5) is 0. The second-order valence-electron chi connectivity index (χ2n) is 4.19. The van der Waals surface area contributed by atoms with Crippen molar-refractivity contribution in [1.82, 2.24) is 10.6 Å². The van der Waals surface area contributed by atoms with E-state index in [2.05, 4.69) is 41.0 Å². The van der Waals surface area contributed by atoms with Gasteiger partial charge in [0, 0.05) is 31.1 Å². The molecule has 2 saturated heterocycles. The molecule has 2 heterocycles. The van der Waals surface area contributed by atoms with Crippen molar-refractivity contribution < 1.29 is 0 Å². The first-order chi connectivity index (χ1) is 6.41. The van der Waals surface area contributed by atoms with Crippen molar-refractivity contribution in [2.45, 2.75) is 6.04 Å². The molecule has 2 aliphatic rings. The van der Waals surface area contributed by atoms with Gasteiger partial charge in [-0.05, 0) is 5.56 Å². The van der Waals surface area contributed by atoms with Crippen LogP contribution in [0.15, 0.2) is 30.3 Å². The van der Waals surface area contributed by atoms with Gasteiger partial charge in [-0.15, -0.1) is 0 Å². The highest BCUT2D eigenvalue weighted by atomic mass is 15.2. The van der Waals surface area contributed by atoms with E-state index in [0.29, 0.717) is 11.5 Å². The SMILES string of the molecule is c1ccc(C2NCC23CNC3)cc1. The van der Waals surface area contributed by atoms with E-state index in [9.17, 15) is 0 Å². The lowest BCUT2D eigenvalue weighted by Crippen LogP contribution is -2.71. The molecule has 2 N–H and O–H groups in total. The Hall–Kier alpha value is -0.860. The summed E-state index contributed by atoms with van der Waals surface area (Å²) in [5.74, 6) is 0. The average Bonchev–Trinajstić information content (AvgIpc) is 2.01. The summed E-state index contributed by atoms with van der Waals surface area (Å²) in [6.07, 6.45) is 0. The molecular formula is C11H14N2. The van der Waals surface area contributed by atoms with Crippen molar-refractivity contribution in [3.05, 3.63) is 35.9 Å². The van der Waals surface area contributed by atoms with Crippen molar-refractivity contribution in [2.24, 2.45) is 5.41 Å². The minimum Gasteiger partial charge on any atom is -0.315 e. The monoisotopic (exact) mass is 174 g/mol. The van der Waals surface area contributed by atoms with Gasteiger partial charge in [-0.25, -0.2) is 0 Å². The molecule has 3 rings (SSSR count). The number of nitrogens with one attached hydrogen (secondary N) is 2. The fourth-order valence-electron chi connectivity index (χ4n) is 2.38. The van der Waals surface area contributed by atoms with Gasteiger partial charge in [0.1, 0.15) is 0 Å². The lowest BCUT2D eigenvalue weighted by molar-refractivity contribution is 0.0207. The Morgan fingerprint density at radius 3 is 2.31 bits per heavy atom. The maximum atomic E-state index is 3.51. The molecule has 0 amide bonds. The Kier molecular flexibility index (Phi) is 1.49. The second kappa shape index (κ2) is 2.56. The number of hydrogen-bond donors (Lipinski definition) is 2. The molecule has 68 valence electrons. The van der Waals surface area contributed by atoms with Gasteiger partial charge in [0.05, 0.1) is 0 Å². The summed E-state index contributed by atoms with van der Waals surface area (Å²) in [6.45, 7) is 3.54. The highest BCUT2D eigenvalue weighted by Gasteiger charge is 2.51. The fraction of sp³-hybridized carbons (Fsp3) is 0.455. The maximum Gasteiger partial charge on any atom is 0.0414 e. The van der Waals surface area contributed by atoms with E-state index in [1.807, 2.05) is 0 Å². The molecule has 1 aromatic rings. The Morgan fingerprint density at radius 2 is 1.85 bits per heavy atom. The van der Waals surface area contributed by atoms with Gasteiger partial charge >= 0.3 is 0 Å². The van der Waals surface area contributed by atoms with Crippen molar-refractivity contribution in [1.29, 1.82) is 0 Å². The van der Waals surface area contributed by atoms with Crippen LogP contribution >= 0.6 is 0 Å². The molecule has 0 aliphatic carbocycles. The lowest BCUT2D eigenvalue weighted by Gasteiger charge is -2.57. The molecule has 1 unspecified atom stereocenters. The van der Waals surface area contributed by atoms with Gasteiger partial charge in [0.15, 0.2) is 0 Å². The minimum atomic E-state index is 0.543. The predicted octanol–water partition coefficient (Wildman–Crippen LogP) is 0.920. The first-order valence-electron chi connectivity index (χ1n) is 4.90.